The molecule has 0 aliphatic carbocycles. The van der Waals surface area contributed by atoms with Gasteiger partial charge >= 0.3 is 0 Å². The molecule has 0 saturated carbocycles. The number of halogens is 1. The van der Waals surface area contributed by atoms with Crippen LogP contribution in [0.5, 0.6) is 0 Å². The molecule has 0 aliphatic heterocycles. The molecule has 0 aliphatic rings. The van der Waals surface area contributed by atoms with Gasteiger partial charge in [-0.15, -0.1) is 0 Å². The molecule has 0 N–H and O–H groups in total. The Hall–Kier alpha value is -0.273. The summed E-state index contributed by atoms with van der Waals surface area (Å²) in [5.74, 6) is 0.626. The first kappa shape index (κ1) is 8.82. The molecule has 0 atom stereocenters. The lowest BCUT2D eigenvalue weighted by Gasteiger charge is -2.04. The standard InChI is InChI=1S/C9H13ClSi/c1-7(2)8-3-5-9(11-10)6-4-8/h3-7H,11H2,1-2H3. The van der Waals surface area contributed by atoms with E-state index in [1.165, 1.54) is 10.8 Å². The van der Waals surface area contributed by atoms with Crippen molar-refractivity contribution in [2.24, 2.45) is 0 Å². The van der Waals surface area contributed by atoms with Gasteiger partial charge in [0.05, 0.1) is 0 Å². The smallest absolute Gasteiger partial charge is 0.155 e. The van der Waals surface area contributed by atoms with Crippen molar-refractivity contribution in [1.82, 2.24) is 0 Å². The Morgan fingerprint density at radius 1 is 1.18 bits per heavy atom. The summed E-state index contributed by atoms with van der Waals surface area (Å²) in [6.45, 7) is 4.40. The van der Waals surface area contributed by atoms with Gasteiger partial charge in [0.1, 0.15) is 0 Å². The van der Waals surface area contributed by atoms with E-state index >= 15 is 0 Å². The second-order valence-corrected chi connectivity index (χ2v) is 4.92. The minimum absolute atomic E-state index is 0.477. The highest BCUT2D eigenvalue weighted by molar-refractivity contribution is 7.01. The summed E-state index contributed by atoms with van der Waals surface area (Å²) in [4.78, 5) is 0. The summed E-state index contributed by atoms with van der Waals surface area (Å²) in [6.07, 6.45) is 0. The van der Waals surface area contributed by atoms with Crippen LogP contribution < -0.4 is 5.19 Å². The molecule has 0 heterocycles. The van der Waals surface area contributed by atoms with Crippen molar-refractivity contribution in [2.75, 3.05) is 0 Å². The van der Waals surface area contributed by atoms with Gasteiger partial charge in [-0.1, -0.05) is 38.1 Å². The molecule has 0 nitrogen and oxygen atoms in total. The van der Waals surface area contributed by atoms with E-state index < -0.39 is 8.83 Å². The molecule has 11 heavy (non-hydrogen) atoms. The van der Waals surface area contributed by atoms with Gasteiger partial charge in [0.25, 0.3) is 0 Å². The van der Waals surface area contributed by atoms with E-state index in [1.54, 1.807) is 0 Å². The fourth-order valence-corrected chi connectivity index (χ4v) is 1.94. The Morgan fingerprint density at radius 3 is 2.09 bits per heavy atom. The number of rotatable bonds is 2. The first-order chi connectivity index (χ1) is 5.24. The van der Waals surface area contributed by atoms with Crippen LogP contribution in [0.15, 0.2) is 24.3 Å². The summed E-state index contributed by atoms with van der Waals surface area (Å²) >= 11 is 5.80. The highest BCUT2D eigenvalue weighted by Gasteiger charge is 1.97. The van der Waals surface area contributed by atoms with E-state index in [-0.39, 0.29) is 0 Å². The summed E-state index contributed by atoms with van der Waals surface area (Å²) < 4.78 is 0. The summed E-state index contributed by atoms with van der Waals surface area (Å²) in [5, 5.41) is 1.33. The zero-order chi connectivity index (χ0) is 8.27. The summed E-state index contributed by atoms with van der Waals surface area (Å²) in [6, 6.07) is 8.65. The lowest BCUT2D eigenvalue weighted by molar-refractivity contribution is 0.867. The molecule has 0 fully saturated rings. The molecule has 0 amide bonds. The van der Waals surface area contributed by atoms with Crippen molar-refractivity contribution in [1.29, 1.82) is 0 Å². The summed E-state index contributed by atoms with van der Waals surface area (Å²) in [5.41, 5.74) is 1.40. The Kier molecular flexibility index (Phi) is 3.15. The van der Waals surface area contributed by atoms with Gasteiger partial charge in [0.2, 0.25) is 0 Å². The molecule has 1 aromatic rings. The van der Waals surface area contributed by atoms with E-state index in [0.717, 1.165) is 0 Å². The average molecular weight is 185 g/mol. The van der Waals surface area contributed by atoms with Gasteiger partial charge in [-0.05, 0) is 16.7 Å². The van der Waals surface area contributed by atoms with Crippen LogP contribution in [0.25, 0.3) is 0 Å². The van der Waals surface area contributed by atoms with Gasteiger partial charge in [-0.3, -0.25) is 0 Å². The molecule has 1 rings (SSSR count). The topological polar surface area (TPSA) is 0 Å². The first-order valence-electron chi connectivity index (χ1n) is 3.89. The van der Waals surface area contributed by atoms with Crippen LogP contribution in [-0.2, 0) is 0 Å². The maximum absolute atomic E-state index is 5.80. The van der Waals surface area contributed by atoms with Crippen LogP contribution in [0.2, 0.25) is 0 Å². The maximum Gasteiger partial charge on any atom is 0.155 e. The van der Waals surface area contributed by atoms with Crippen LogP contribution in [0, 0.1) is 0 Å². The van der Waals surface area contributed by atoms with E-state index in [1.807, 2.05) is 0 Å². The summed E-state index contributed by atoms with van der Waals surface area (Å²) in [7, 11) is -0.477. The third kappa shape index (κ3) is 2.35. The third-order valence-corrected chi connectivity index (χ3v) is 3.51. The van der Waals surface area contributed by atoms with Crippen molar-refractivity contribution >= 4 is 25.1 Å². The number of hydrogen-bond acceptors (Lipinski definition) is 0. The van der Waals surface area contributed by atoms with Crippen molar-refractivity contribution in [3.63, 3.8) is 0 Å². The van der Waals surface area contributed by atoms with Crippen LogP contribution in [-0.4, -0.2) is 8.83 Å². The minimum Gasteiger partial charge on any atom is -0.170 e. The molecule has 60 valence electrons. The minimum atomic E-state index is -0.477. The normalized spacial score (nSPS) is 11.6. The van der Waals surface area contributed by atoms with Gasteiger partial charge in [0.15, 0.2) is 8.83 Å². The van der Waals surface area contributed by atoms with Crippen LogP contribution in [0.4, 0.5) is 0 Å². The van der Waals surface area contributed by atoms with Crippen LogP contribution in [0.3, 0.4) is 0 Å². The predicted molar refractivity (Wildman–Crippen MR) is 54.6 cm³/mol. The maximum atomic E-state index is 5.80. The molecule has 2 heteroatoms. The lowest BCUT2D eigenvalue weighted by Crippen LogP contribution is -2.07. The fraction of sp³-hybridized carbons (Fsp3) is 0.333. The molecule has 0 unspecified atom stereocenters. The van der Waals surface area contributed by atoms with Crippen molar-refractivity contribution < 1.29 is 0 Å². The Balaban J connectivity index is 2.83. The lowest BCUT2D eigenvalue weighted by atomic mass is 10.0. The van der Waals surface area contributed by atoms with E-state index in [9.17, 15) is 0 Å². The zero-order valence-electron chi connectivity index (χ0n) is 6.97. The molecule has 0 aromatic heterocycles. The van der Waals surface area contributed by atoms with Gasteiger partial charge in [-0.2, -0.15) is 11.1 Å². The Morgan fingerprint density at radius 2 is 1.73 bits per heavy atom. The quantitative estimate of drug-likeness (QED) is 0.486. The van der Waals surface area contributed by atoms with Gasteiger partial charge < -0.3 is 0 Å². The van der Waals surface area contributed by atoms with Crippen LogP contribution >= 0.6 is 11.1 Å². The third-order valence-electron chi connectivity index (χ3n) is 1.80. The average Bonchev–Trinajstić information content (AvgIpc) is 2.05. The van der Waals surface area contributed by atoms with Crippen molar-refractivity contribution in [3.8, 4) is 0 Å². The van der Waals surface area contributed by atoms with E-state index in [2.05, 4.69) is 38.1 Å². The van der Waals surface area contributed by atoms with E-state index in [0.29, 0.717) is 5.92 Å². The number of benzene rings is 1. The largest absolute Gasteiger partial charge is 0.170 e. The number of hydrogen-bond donors (Lipinski definition) is 0. The first-order valence-corrected chi connectivity index (χ1v) is 6.73. The second kappa shape index (κ2) is 3.93. The van der Waals surface area contributed by atoms with Crippen molar-refractivity contribution in [2.45, 2.75) is 19.8 Å². The predicted octanol–water partition coefficient (Wildman–Crippen LogP) is 1.76. The zero-order valence-corrected chi connectivity index (χ0v) is 9.14. The SMILES string of the molecule is CC(C)c1ccc([SiH2]Cl)cc1. The molecule has 0 spiro atoms. The van der Waals surface area contributed by atoms with Crippen molar-refractivity contribution in [3.05, 3.63) is 29.8 Å². The van der Waals surface area contributed by atoms with Crippen LogP contribution in [0.1, 0.15) is 25.3 Å². The molecule has 0 saturated heterocycles. The molecule has 0 radical (unpaired) electrons. The van der Waals surface area contributed by atoms with E-state index in [4.69, 9.17) is 11.1 Å². The molecule has 0 bridgehead atoms. The Labute approximate surface area is 75.1 Å². The second-order valence-electron chi connectivity index (χ2n) is 3.03. The molecular formula is C9H13ClSi. The highest BCUT2D eigenvalue weighted by atomic mass is 35.6. The monoisotopic (exact) mass is 184 g/mol. The Bertz CT molecular complexity index is 216. The molecular weight excluding hydrogens is 172 g/mol. The fourth-order valence-electron chi connectivity index (χ4n) is 0.992. The highest BCUT2D eigenvalue weighted by Crippen LogP contribution is 2.11. The van der Waals surface area contributed by atoms with Gasteiger partial charge in [-0.25, -0.2) is 0 Å². The van der Waals surface area contributed by atoms with Gasteiger partial charge in [0, 0.05) is 0 Å². The molecule has 1 aromatic carbocycles.